The Labute approximate surface area is 162 Å². The fourth-order valence-electron chi connectivity index (χ4n) is 3.30. The van der Waals surface area contributed by atoms with Crippen molar-refractivity contribution in [3.05, 3.63) is 63.7 Å². The molecule has 2 aromatic rings. The summed E-state index contributed by atoms with van der Waals surface area (Å²) in [6, 6.07) is 11.9. The SMILES string of the molecule is CC(=O)N1CCN(c2ccc(NC(=O)c3cccc([N+](=O)[O-])c3C)cc2)CC1. The number of nitro benzene ring substituents is 1. The van der Waals surface area contributed by atoms with Gasteiger partial charge in [-0.1, -0.05) is 6.07 Å². The highest BCUT2D eigenvalue weighted by molar-refractivity contribution is 6.05. The average molecular weight is 382 g/mol. The minimum Gasteiger partial charge on any atom is -0.368 e. The van der Waals surface area contributed by atoms with Crippen LogP contribution in [0.2, 0.25) is 0 Å². The molecule has 146 valence electrons. The van der Waals surface area contributed by atoms with Gasteiger partial charge in [0.25, 0.3) is 11.6 Å². The van der Waals surface area contributed by atoms with E-state index >= 15 is 0 Å². The van der Waals surface area contributed by atoms with Crippen molar-refractivity contribution in [3.8, 4) is 0 Å². The van der Waals surface area contributed by atoms with Gasteiger partial charge < -0.3 is 15.1 Å². The van der Waals surface area contributed by atoms with Crippen LogP contribution in [-0.4, -0.2) is 47.8 Å². The molecule has 1 heterocycles. The van der Waals surface area contributed by atoms with E-state index in [0.29, 0.717) is 24.3 Å². The number of piperazine rings is 1. The molecular weight excluding hydrogens is 360 g/mol. The first-order chi connectivity index (χ1) is 13.4. The van der Waals surface area contributed by atoms with E-state index in [1.54, 1.807) is 32.0 Å². The maximum Gasteiger partial charge on any atom is 0.273 e. The molecule has 3 rings (SSSR count). The highest BCUT2D eigenvalue weighted by atomic mass is 16.6. The molecule has 2 aromatic carbocycles. The first kappa shape index (κ1) is 19.3. The highest BCUT2D eigenvalue weighted by Crippen LogP contribution is 2.23. The Morgan fingerprint density at radius 2 is 1.68 bits per heavy atom. The Morgan fingerprint density at radius 1 is 1.04 bits per heavy atom. The Hall–Kier alpha value is -3.42. The van der Waals surface area contributed by atoms with Gasteiger partial charge in [0.1, 0.15) is 0 Å². The lowest BCUT2D eigenvalue weighted by Crippen LogP contribution is -2.48. The molecule has 0 aliphatic carbocycles. The van der Waals surface area contributed by atoms with Gasteiger partial charge in [0, 0.05) is 61.7 Å². The zero-order valence-corrected chi connectivity index (χ0v) is 15.8. The van der Waals surface area contributed by atoms with Crippen LogP contribution in [0.3, 0.4) is 0 Å². The summed E-state index contributed by atoms with van der Waals surface area (Å²) < 4.78 is 0. The minimum absolute atomic E-state index is 0.0762. The topological polar surface area (TPSA) is 95.8 Å². The minimum atomic E-state index is -0.493. The molecule has 0 aromatic heterocycles. The maximum atomic E-state index is 12.5. The van der Waals surface area contributed by atoms with Crippen molar-refractivity contribution in [1.29, 1.82) is 0 Å². The van der Waals surface area contributed by atoms with E-state index in [1.807, 2.05) is 17.0 Å². The van der Waals surface area contributed by atoms with Gasteiger partial charge in [-0.05, 0) is 37.3 Å². The van der Waals surface area contributed by atoms with Crippen molar-refractivity contribution in [2.45, 2.75) is 13.8 Å². The van der Waals surface area contributed by atoms with Crippen molar-refractivity contribution in [2.75, 3.05) is 36.4 Å². The molecule has 0 unspecified atom stereocenters. The van der Waals surface area contributed by atoms with Gasteiger partial charge in [0.15, 0.2) is 0 Å². The third-order valence-electron chi connectivity index (χ3n) is 4.96. The number of hydrogen-bond acceptors (Lipinski definition) is 5. The third kappa shape index (κ3) is 4.11. The molecule has 0 saturated carbocycles. The van der Waals surface area contributed by atoms with Crippen LogP contribution in [-0.2, 0) is 4.79 Å². The van der Waals surface area contributed by atoms with Crippen LogP contribution in [0.4, 0.5) is 17.1 Å². The van der Waals surface area contributed by atoms with E-state index in [2.05, 4.69) is 10.2 Å². The van der Waals surface area contributed by atoms with E-state index in [9.17, 15) is 19.7 Å². The van der Waals surface area contributed by atoms with Crippen LogP contribution in [0.15, 0.2) is 42.5 Å². The molecule has 1 aliphatic heterocycles. The summed E-state index contributed by atoms with van der Waals surface area (Å²) in [6.07, 6.45) is 0. The molecule has 0 atom stereocenters. The van der Waals surface area contributed by atoms with Crippen LogP contribution in [0, 0.1) is 17.0 Å². The number of nitrogens with zero attached hydrogens (tertiary/aromatic N) is 3. The Balaban J connectivity index is 1.67. The first-order valence-electron chi connectivity index (χ1n) is 9.02. The number of nitrogens with one attached hydrogen (secondary N) is 1. The van der Waals surface area contributed by atoms with Crippen molar-refractivity contribution < 1.29 is 14.5 Å². The smallest absolute Gasteiger partial charge is 0.273 e. The number of carbonyl (C=O) groups excluding carboxylic acids is 2. The summed E-state index contributed by atoms with van der Waals surface area (Å²) in [6.45, 7) is 6.06. The molecule has 1 fully saturated rings. The Morgan fingerprint density at radius 3 is 2.25 bits per heavy atom. The van der Waals surface area contributed by atoms with Crippen LogP contribution in [0.5, 0.6) is 0 Å². The van der Waals surface area contributed by atoms with Crippen LogP contribution >= 0.6 is 0 Å². The molecule has 2 amide bonds. The summed E-state index contributed by atoms with van der Waals surface area (Å²) >= 11 is 0. The van der Waals surface area contributed by atoms with Crippen LogP contribution < -0.4 is 10.2 Å². The molecule has 1 N–H and O–H groups in total. The first-order valence-corrected chi connectivity index (χ1v) is 9.02. The van der Waals surface area contributed by atoms with Gasteiger partial charge in [0.2, 0.25) is 5.91 Å². The third-order valence-corrected chi connectivity index (χ3v) is 4.96. The van der Waals surface area contributed by atoms with Gasteiger partial charge in [-0.25, -0.2) is 0 Å². The lowest BCUT2D eigenvalue weighted by atomic mass is 10.1. The molecule has 0 spiro atoms. The largest absolute Gasteiger partial charge is 0.368 e. The summed E-state index contributed by atoms with van der Waals surface area (Å²) in [5, 5.41) is 13.8. The summed E-state index contributed by atoms with van der Waals surface area (Å²) in [5.74, 6) is -0.293. The van der Waals surface area contributed by atoms with Gasteiger partial charge >= 0.3 is 0 Å². The predicted octanol–water partition coefficient (Wildman–Crippen LogP) is 2.82. The number of hydrogen-bond donors (Lipinski definition) is 1. The second-order valence-electron chi connectivity index (χ2n) is 6.70. The number of carbonyl (C=O) groups is 2. The molecule has 0 radical (unpaired) electrons. The van der Waals surface area contributed by atoms with Gasteiger partial charge in [0.05, 0.1) is 4.92 Å². The van der Waals surface area contributed by atoms with E-state index < -0.39 is 4.92 Å². The van der Waals surface area contributed by atoms with Crippen molar-refractivity contribution >= 4 is 28.9 Å². The summed E-state index contributed by atoms with van der Waals surface area (Å²) in [7, 11) is 0. The van der Waals surface area contributed by atoms with Crippen LogP contribution in [0.1, 0.15) is 22.8 Å². The molecule has 8 heteroatoms. The summed E-state index contributed by atoms with van der Waals surface area (Å²) in [4.78, 5) is 38.5. The van der Waals surface area contributed by atoms with Crippen molar-refractivity contribution in [2.24, 2.45) is 0 Å². The van der Waals surface area contributed by atoms with E-state index in [4.69, 9.17) is 0 Å². The number of anilines is 2. The lowest BCUT2D eigenvalue weighted by Gasteiger charge is -2.35. The van der Waals surface area contributed by atoms with Gasteiger partial charge in [-0.3, -0.25) is 19.7 Å². The molecule has 1 saturated heterocycles. The molecule has 28 heavy (non-hydrogen) atoms. The quantitative estimate of drug-likeness (QED) is 0.648. The van der Waals surface area contributed by atoms with Crippen molar-refractivity contribution in [3.63, 3.8) is 0 Å². The predicted molar refractivity (Wildman–Crippen MR) is 107 cm³/mol. The zero-order valence-electron chi connectivity index (χ0n) is 15.8. The molecule has 0 bridgehead atoms. The lowest BCUT2D eigenvalue weighted by molar-refractivity contribution is -0.385. The molecule has 1 aliphatic rings. The van der Waals surface area contributed by atoms with Gasteiger partial charge in [-0.2, -0.15) is 0 Å². The number of rotatable bonds is 4. The summed E-state index contributed by atoms with van der Waals surface area (Å²) in [5.41, 5.74) is 2.17. The zero-order chi connectivity index (χ0) is 20.3. The van der Waals surface area contributed by atoms with Crippen molar-refractivity contribution in [1.82, 2.24) is 4.90 Å². The monoisotopic (exact) mass is 382 g/mol. The number of nitro groups is 1. The Bertz CT molecular complexity index is 903. The maximum absolute atomic E-state index is 12.5. The molecular formula is C20H22N4O4. The Kier molecular flexibility index (Phi) is 5.58. The molecule has 8 nitrogen and oxygen atoms in total. The standard InChI is InChI=1S/C20H22N4O4/c1-14-18(4-3-5-19(14)24(27)28)20(26)21-16-6-8-17(9-7-16)23-12-10-22(11-13-23)15(2)25/h3-9H,10-13H2,1-2H3,(H,21,26). The second kappa shape index (κ2) is 8.08. The highest BCUT2D eigenvalue weighted by Gasteiger charge is 2.20. The second-order valence-corrected chi connectivity index (χ2v) is 6.70. The fraction of sp³-hybridized carbons (Fsp3) is 0.300. The normalized spacial score (nSPS) is 13.9. The van der Waals surface area contributed by atoms with Gasteiger partial charge in [-0.15, -0.1) is 0 Å². The van der Waals surface area contributed by atoms with E-state index in [1.165, 1.54) is 12.1 Å². The average Bonchev–Trinajstić information content (AvgIpc) is 2.68. The fourth-order valence-corrected chi connectivity index (χ4v) is 3.30. The van der Waals surface area contributed by atoms with E-state index in [-0.39, 0.29) is 23.1 Å². The van der Waals surface area contributed by atoms with Crippen LogP contribution in [0.25, 0.3) is 0 Å². The van der Waals surface area contributed by atoms with E-state index in [0.717, 1.165) is 18.8 Å². The number of benzene rings is 2. The number of amides is 2.